The van der Waals surface area contributed by atoms with Gasteiger partial charge in [-0.25, -0.2) is 8.78 Å². The molecular formula is C20H30F2N2O4. The average molecular weight is 400 g/mol. The number of halogens is 2. The summed E-state index contributed by atoms with van der Waals surface area (Å²) in [5.74, 6) is -1.72. The predicted molar refractivity (Wildman–Crippen MR) is 101 cm³/mol. The second kappa shape index (κ2) is 10.1. The van der Waals surface area contributed by atoms with Gasteiger partial charge in [-0.1, -0.05) is 13.8 Å². The first kappa shape index (κ1) is 22.5. The zero-order chi connectivity index (χ0) is 20.7. The number of methoxy groups -OCH3 is 1. The second-order valence-corrected chi connectivity index (χ2v) is 7.31. The minimum absolute atomic E-state index is 0.000905. The Balaban J connectivity index is 2.19. The van der Waals surface area contributed by atoms with Crippen LogP contribution in [0.15, 0.2) is 18.2 Å². The normalized spacial score (nSPS) is 21.0. The number of nitrogens with zero attached hydrogens (tertiary/aromatic N) is 2. The van der Waals surface area contributed by atoms with Crippen LogP contribution in [0.5, 0.6) is 5.75 Å². The molecule has 0 aliphatic carbocycles. The third-order valence-electron chi connectivity index (χ3n) is 5.06. The van der Waals surface area contributed by atoms with Gasteiger partial charge in [-0.3, -0.25) is 9.69 Å². The van der Waals surface area contributed by atoms with Crippen molar-refractivity contribution in [3.8, 4) is 5.75 Å². The molecule has 1 aromatic carbocycles. The van der Waals surface area contributed by atoms with E-state index in [0.717, 1.165) is 31.0 Å². The number of rotatable bonds is 8. The van der Waals surface area contributed by atoms with Gasteiger partial charge in [-0.2, -0.15) is 0 Å². The molecule has 158 valence electrons. The monoisotopic (exact) mass is 400 g/mol. The van der Waals surface area contributed by atoms with Crippen molar-refractivity contribution in [1.82, 2.24) is 9.80 Å². The van der Waals surface area contributed by atoms with Crippen LogP contribution in [0.25, 0.3) is 0 Å². The highest BCUT2D eigenvalue weighted by Crippen LogP contribution is 2.22. The summed E-state index contributed by atoms with van der Waals surface area (Å²) in [4.78, 5) is 16.1. The Hall–Kier alpha value is -1.77. The predicted octanol–water partition coefficient (Wildman–Crippen LogP) is 2.05. The van der Waals surface area contributed by atoms with Crippen molar-refractivity contribution in [2.45, 2.75) is 38.3 Å². The summed E-state index contributed by atoms with van der Waals surface area (Å²) in [6.07, 6.45) is 1.82. The van der Waals surface area contributed by atoms with Gasteiger partial charge in [0, 0.05) is 51.0 Å². The molecule has 1 saturated heterocycles. The molecule has 28 heavy (non-hydrogen) atoms. The molecule has 1 aromatic rings. The van der Waals surface area contributed by atoms with E-state index in [9.17, 15) is 18.7 Å². The van der Waals surface area contributed by atoms with Crippen LogP contribution in [0.3, 0.4) is 0 Å². The van der Waals surface area contributed by atoms with E-state index in [1.165, 1.54) is 7.11 Å². The van der Waals surface area contributed by atoms with Crippen LogP contribution in [0.1, 0.15) is 26.7 Å². The van der Waals surface area contributed by atoms with E-state index >= 15 is 0 Å². The first-order valence-corrected chi connectivity index (χ1v) is 9.62. The fourth-order valence-electron chi connectivity index (χ4n) is 3.66. The molecule has 0 aromatic heterocycles. The molecule has 0 unspecified atom stereocenters. The average Bonchev–Trinajstić information content (AvgIpc) is 2.81. The number of amides is 1. The Morgan fingerprint density at radius 3 is 2.39 bits per heavy atom. The quantitative estimate of drug-likeness (QED) is 0.724. The van der Waals surface area contributed by atoms with E-state index in [4.69, 9.17) is 9.47 Å². The number of β-amino-alcohol motifs (C(OH)–C–C–N with tert-alkyl or cyclic N) is 1. The van der Waals surface area contributed by atoms with Crippen molar-refractivity contribution in [2.24, 2.45) is 0 Å². The number of benzene rings is 1. The number of aliphatic hydroxyl groups is 1. The third-order valence-corrected chi connectivity index (χ3v) is 5.06. The van der Waals surface area contributed by atoms with E-state index < -0.39 is 17.2 Å². The molecule has 6 nitrogen and oxygen atoms in total. The van der Waals surface area contributed by atoms with Gasteiger partial charge in [0.15, 0.2) is 0 Å². The van der Waals surface area contributed by atoms with Gasteiger partial charge in [0.1, 0.15) is 36.2 Å². The van der Waals surface area contributed by atoms with Crippen LogP contribution >= 0.6 is 0 Å². The molecule has 0 bridgehead atoms. The molecular weight excluding hydrogens is 370 g/mol. The van der Waals surface area contributed by atoms with Gasteiger partial charge < -0.3 is 19.5 Å². The lowest BCUT2D eigenvalue weighted by Crippen LogP contribution is -2.53. The molecule has 2 rings (SSSR count). The number of ether oxygens (including phenoxy) is 2. The van der Waals surface area contributed by atoms with Crippen LogP contribution in [0.4, 0.5) is 8.78 Å². The number of carbonyl (C=O) groups is 1. The lowest BCUT2D eigenvalue weighted by Gasteiger charge is -2.35. The molecule has 0 saturated carbocycles. The van der Waals surface area contributed by atoms with Crippen LogP contribution in [0.2, 0.25) is 0 Å². The zero-order valence-corrected chi connectivity index (χ0v) is 16.8. The maximum absolute atomic E-state index is 13.4. The number of hydrogen-bond acceptors (Lipinski definition) is 5. The molecule has 0 spiro atoms. The van der Waals surface area contributed by atoms with Gasteiger partial charge in [0.05, 0.1) is 6.54 Å². The summed E-state index contributed by atoms with van der Waals surface area (Å²) < 4.78 is 37.3. The van der Waals surface area contributed by atoms with Crippen LogP contribution in [-0.4, -0.2) is 79.0 Å². The molecule has 1 heterocycles. The highest BCUT2D eigenvalue weighted by Gasteiger charge is 2.39. The lowest BCUT2D eigenvalue weighted by atomic mass is 10.0. The van der Waals surface area contributed by atoms with E-state index in [-0.39, 0.29) is 37.5 Å². The first-order chi connectivity index (χ1) is 13.3. The fourth-order valence-corrected chi connectivity index (χ4v) is 3.66. The van der Waals surface area contributed by atoms with Gasteiger partial charge in [0.25, 0.3) is 0 Å². The number of carbonyl (C=O) groups excluding carboxylic acids is 1. The molecule has 1 fully saturated rings. The topological polar surface area (TPSA) is 62.2 Å². The molecule has 1 atom stereocenters. The van der Waals surface area contributed by atoms with Crippen molar-refractivity contribution in [1.29, 1.82) is 0 Å². The van der Waals surface area contributed by atoms with Crippen molar-refractivity contribution < 1.29 is 28.2 Å². The van der Waals surface area contributed by atoms with E-state index in [1.54, 1.807) is 4.90 Å². The summed E-state index contributed by atoms with van der Waals surface area (Å²) in [6, 6.07) is 3.15. The largest absolute Gasteiger partial charge is 0.490 e. The highest BCUT2D eigenvalue weighted by atomic mass is 19.1. The Morgan fingerprint density at radius 2 is 1.82 bits per heavy atom. The lowest BCUT2D eigenvalue weighted by molar-refractivity contribution is -0.138. The minimum atomic E-state index is -1.38. The standard InChI is InChI=1S/C20H30F2N2O4/c1-4-17(5-2)23-6-7-24(19(25)11-27-3)13-20(26,12-23)14-28-18-9-15(21)8-16(22)10-18/h8-10,17,26H,4-7,11-14H2,1-3H3/t20-/m1/s1. The summed E-state index contributed by atoms with van der Waals surface area (Å²) in [6.45, 7) is 5.35. The maximum atomic E-state index is 13.4. The van der Waals surface area contributed by atoms with E-state index in [2.05, 4.69) is 18.7 Å². The molecule has 1 aliphatic rings. The van der Waals surface area contributed by atoms with Crippen molar-refractivity contribution in [2.75, 3.05) is 46.5 Å². The molecule has 1 amide bonds. The SMILES string of the molecule is CCC(CC)N1CCN(C(=O)COC)C[C@@](O)(COc2cc(F)cc(F)c2)C1. The molecule has 1 N–H and O–H groups in total. The zero-order valence-electron chi connectivity index (χ0n) is 16.8. The van der Waals surface area contributed by atoms with E-state index in [0.29, 0.717) is 19.6 Å². The second-order valence-electron chi connectivity index (χ2n) is 7.31. The van der Waals surface area contributed by atoms with Crippen molar-refractivity contribution in [3.63, 3.8) is 0 Å². The molecule has 8 heteroatoms. The maximum Gasteiger partial charge on any atom is 0.248 e. The Kier molecular flexibility index (Phi) is 8.15. The van der Waals surface area contributed by atoms with Gasteiger partial charge in [-0.15, -0.1) is 0 Å². The summed E-state index contributed by atoms with van der Waals surface area (Å²) >= 11 is 0. The summed E-state index contributed by atoms with van der Waals surface area (Å²) in [5, 5.41) is 11.3. The molecule has 1 aliphatic heterocycles. The Bertz CT molecular complexity index is 637. The van der Waals surface area contributed by atoms with Gasteiger partial charge in [0.2, 0.25) is 5.91 Å². The van der Waals surface area contributed by atoms with Crippen molar-refractivity contribution >= 4 is 5.91 Å². The van der Waals surface area contributed by atoms with Crippen LogP contribution < -0.4 is 4.74 Å². The van der Waals surface area contributed by atoms with E-state index in [1.807, 2.05) is 0 Å². The van der Waals surface area contributed by atoms with Gasteiger partial charge in [-0.05, 0) is 12.8 Å². The Morgan fingerprint density at radius 1 is 1.18 bits per heavy atom. The molecule has 0 radical (unpaired) electrons. The number of hydrogen-bond donors (Lipinski definition) is 1. The van der Waals surface area contributed by atoms with Gasteiger partial charge >= 0.3 is 0 Å². The summed E-state index contributed by atoms with van der Waals surface area (Å²) in [5.41, 5.74) is -1.38. The van der Waals surface area contributed by atoms with Crippen LogP contribution in [0, 0.1) is 11.6 Å². The first-order valence-electron chi connectivity index (χ1n) is 9.62. The fraction of sp³-hybridized carbons (Fsp3) is 0.650. The smallest absolute Gasteiger partial charge is 0.248 e. The third kappa shape index (κ3) is 6.12. The minimum Gasteiger partial charge on any atom is -0.490 e. The van der Waals surface area contributed by atoms with Crippen molar-refractivity contribution in [3.05, 3.63) is 29.8 Å². The highest BCUT2D eigenvalue weighted by molar-refractivity contribution is 5.77. The summed E-state index contributed by atoms with van der Waals surface area (Å²) in [7, 11) is 1.44. The Labute approximate surface area is 165 Å². The van der Waals surface area contributed by atoms with Crippen LogP contribution in [-0.2, 0) is 9.53 Å².